The van der Waals surface area contributed by atoms with Crippen molar-refractivity contribution in [2.45, 2.75) is 6.18 Å². The van der Waals surface area contributed by atoms with Gasteiger partial charge in [-0.15, -0.1) is 0 Å². The molecule has 0 bridgehead atoms. The molecule has 0 atom stereocenters. The van der Waals surface area contributed by atoms with E-state index in [2.05, 4.69) is 9.97 Å². The number of aromatic carboxylic acids is 1. The van der Waals surface area contributed by atoms with Gasteiger partial charge in [-0.3, -0.25) is 4.79 Å². The molecule has 0 saturated carbocycles. The number of hydrogen-bond donors (Lipinski definition) is 2. The summed E-state index contributed by atoms with van der Waals surface area (Å²) in [5, 5.41) is 10.0. The van der Waals surface area contributed by atoms with Gasteiger partial charge in [-0.05, 0) is 22.6 Å². The van der Waals surface area contributed by atoms with Crippen molar-refractivity contribution in [1.82, 2.24) is 9.97 Å². The van der Waals surface area contributed by atoms with Crippen LogP contribution >= 0.6 is 22.6 Å². The normalized spacial score (nSPS) is 11.1. The Kier molecular flexibility index (Phi) is 3.85. The first-order valence-electron chi connectivity index (χ1n) is 3.86. The van der Waals surface area contributed by atoms with E-state index < -0.39 is 29.6 Å². The number of halogens is 4. The fraction of sp³-hybridized carbons (Fsp3) is 0.143. The summed E-state index contributed by atoms with van der Waals surface area (Å²) in [4.78, 5) is 28.1. The zero-order valence-electron chi connectivity index (χ0n) is 7.75. The van der Waals surface area contributed by atoms with E-state index in [1.807, 2.05) is 0 Å². The Morgan fingerprint density at radius 2 is 2.00 bits per heavy atom. The lowest BCUT2D eigenvalue weighted by atomic mass is 10.4. The number of alkyl halides is 3. The standard InChI is InChI=1S/C7H3F3IN3O3/c8-7(9,10)6(17)14-4-3(5(15)16)13-2(11)1-12-4/h1H,(H,15,16)(H,12,14,17). The number of nitrogens with one attached hydrogen (secondary N) is 1. The first-order chi connectivity index (χ1) is 7.71. The second kappa shape index (κ2) is 4.81. The summed E-state index contributed by atoms with van der Waals surface area (Å²) in [6, 6.07) is 0. The Balaban J connectivity index is 3.07. The first-order valence-corrected chi connectivity index (χ1v) is 4.93. The fourth-order valence-electron chi connectivity index (χ4n) is 0.787. The number of hydrogen-bond acceptors (Lipinski definition) is 4. The monoisotopic (exact) mass is 361 g/mol. The van der Waals surface area contributed by atoms with E-state index in [0.29, 0.717) is 0 Å². The van der Waals surface area contributed by atoms with Crippen molar-refractivity contribution >= 4 is 40.3 Å². The third-order valence-electron chi connectivity index (χ3n) is 1.44. The minimum Gasteiger partial charge on any atom is -0.476 e. The Labute approximate surface area is 105 Å². The van der Waals surface area contributed by atoms with Gasteiger partial charge in [-0.1, -0.05) is 0 Å². The second-order valence-electron chi connectivity index (χ2n) is 2.65. The molecular formula is C7H3F3IN3O3. The molecule has 0 fully saturated rings. The van der Waals surface area contributed by atoms with E-state index in [9.17, 15) is 22.8 Å². The molecule has 0 spiro atoms. The molecule has 92 valence electrons. The number of rotatable bonds is 2. The number of nitrogens with zero attached hydrogens (tertiary/aromatic N) is 2. The summed E-state index contributed by atoms with van der Waals surface area (Å²) in [5.74, 6) is -4.65. The van der Waals surface area contributed by atoms with Crippen molar-refractivity contribution in [2.75, 3.05) is 5.32 Å². The molecule has 10 heteroatoms. The summed E-state index contributed by atoms with van der Waals surface area (Å²) in [7, 11) is 0. The highest BCUT2D eigenvalue weighted by atomic mass is 127. The number of aromatic nitrogens is 2. The molecule has 17 heavy (non-hydrogen) atoms. The van der Waals surface area contributed by atoms with Crippen LogP contribution in [0.1, 0.15) is 10.5 Å². The average Bonchev–Trinajstić information content (AvgIpc) is 2.18. The minimum absolute atomic E-state index is 0.171. The van der Waals surface area contributed by atoms with Gasteiger partial charge in [0.2, 0.25) is 0 Å². The van der Waals surface area contributed by atoms with Crippen LogP contribution in [0.2, 0.25) is 0 Å². The molecule has 0 aliphatic heterocycles. The highest BCUT2D eigenvalue weighted by Crippen LogP contribution is 2.19. The van der Waals surface area contributed by atoms with Crippen LogP contribution in [-0.2, 0) is 4.79 Å². The average molecular weight is 361 g/mol. The van der Waals surface area contributed by atoms with Crippen LogP contribution in [0.4, 0.5) is 19.0 Å². The molecule has 1 heterocycles. The second-order valence-corrected chi connectivity index (χ2v) is 3.75. The largest absolute Gasteiger partial charge is 0.476 e. The number of carboxylic acids is 1. The summed E-state index contributed by atoms with van der Waals surface area (Å²) in [6.45, 7) is 0. The number of amides is 1. The molecular weight excluding hydrogens is 358 g/mol. The third-order valence-corrected chi connectivity index (χ3v) is 1.95. The zero-order chi connectivity index (χ0) is 13.2. The Morgan fingerprint density at radius 3 is 2.47 bits per heavy atom. The molecule has 0 saturated heterocycles. The summed E-state index contributed by atoms with van der Waals surface area (Å²) < 4.78 is 36.0. The van der Waals surface area contributed by atoms with Crippen LogP contribution in [0.25, 0.3) is 0 Å². The summed E-state index contributed by atoms with van der Waals surface area (Å²) >= 11 is 1.63. The van der Waals surface area contributed by atoms with Gasteiger partial charge in [0, 0.05) is 0 Å². The van der Waals surface area contributed by atoms with Gasteiger partial charge in [0.1, 0.15) is 3.70 Å². The van der Waals surface area contributed by atoms with Crippen molar-refractivity contribution < 1.29 is 27.9 Å². The van der Waals surface area contributed by atoms with Gasteiger partial charge < -0.3 is 10.4 Å². The number of anilines is 1. The van der Waals surface area contributed by atoms with Crippen LogP contribution in [0.3, 0.4) is 0 Å². The molecule has 2 N–H and O–H groups in total. The molecule has 1 rings (SSSR count). The first kappa shape index (κ1) is 13.6. The van der Waals surface area contributed by atoms with Crippen molar-refractivity contribution in [3.8, 4) is 0 Å². The predicted molar refractivity (Wildman–Crippen MR) is 56.4 cm³/mol. The summed E-state index contributed by atoms with van der Waals surface area (Å²) in [6.07, 6.45) is -4.10. The summed E-state index contributed by atoms with van der Waals surface area (Å²) in [5.41, 5.74) is -0.755. The SMILES string of the molecule is O=C(O)c1nc(I)cnc1NC(=O)C(F)(F)F. The number of carbonyl (C=O) groups excluding carboxylic acids is 1. The lowest BCUT2D eigenvalue weighted by Crippen LogP contribution is -2.31. The topological polar surface area (TPSA) is 92.2 Å². The molecule has 0 aromatic carbocycles. The van der Waals surface area contributed by atoms with Crippen LogP contribution in [0.5, 0.6) is 0 Å². The van der Waals surface area contributed by atoms with Crippen molar-refractivity contribution in [2.24, 2.45) is 0 Å². The molecule has 0 aliphatic rings. The molecule has 1 aromatic heterocycles. The molecule has 0 radical (unpaired) electrons. The lowest BCUT2D eigenvalue weighted by Gasteiger charge is -2.08. The molecule has 0 unspecified atom stereocenters. The maximum absolute atomic E-state index is 11.9. The van der Waals surface area contributed by atoms with E-state index in [4.69, 9.17) is 5.11 Å². The van der Waals surface area contributed by atoms with E-state index in [1.54, 1.807) is 22.6 Å². The van der Waals surface area contributed by atoms with Crippen LogP contribution in [0.15, 0.2) is 6.20 Å². The van der Waals surface area contributed by atoms with Crippen molar-refractivity contribution in [3.63, 3.8) is 0 Å². The Morgan fingerprint density at radius 1 is 1.41 bits per heavy atom. The zero-order valence-corrected chi connectivity index (χ0v) is 9.90. The molecule has 1 aromatic rings. The van der Waals surface area contributed by atoms with Gasteiger partial charge >= 0.3 is 18.1 Å². The maximum atomic E-state index is 11.9. The smallest absolute Gasteiger partial charge is 0.471 e. The van der Waals surface area contributed by atoms with Crippen molar-refractivity contribution in [1.29, 1.82) is 0 Å². The van der Waals surface area contributed by atoms with Crippen LogP contribution in [-0.4, -0.2) is 33.1 Å². The van der Waals surface area contributed by atoms with Gasteiger partial charge in [0.25, 0.3) is 0 Å². The highest BCUT2D eigenvalue weighted by Gasteiger charge is 2.39. The van der Waals surface area contributed by atoms with Gasteiger partial charge in [-0.2, -0.15) is 13.2 Å². The molecule has 0 aliphatic carbocycles. The Bertz CT molecular complexity index is 477. The van der Waals surface area contributed by atoms with Crippen LogP contribution in [0, 0.1) is 3.70 Å². The van der Waals surface area contributed by atoms with E-state index in [1.165, 1.54) is 5.32 Å². The van der Waals surface area contributed by atoms with Crippen molar-refractivity contribution in [3.05, 3.63) is 15.6 Å². The molecule has 6 nitrogen and oxygen atoms in total. The third kappa shape index (κ3) is 3.51. The maximum Gasteiger partial charge on any atom is 0.471 e. The Hall–Kier alpha value is -1.46. The van der Waals surface area contributed by atoms with Gasteiger partial charge in [0.05, 0.1) is 6.20 Å². The molecule has 1 amide bonds. The van der Waals surface area contributed by atoms with Crippen LogP contribution < -0.4 is 5.32 Å². The van der Waals surface area contributed by atoms with E-state index >= 15 is 0 Å². The van der Waals surface area contributed by atoms with Gasteiger partial charge in [0.15, 0.2) is 11.5 Å². The number of carboxylic acid groups (broad SMARTS) is 1. The van der Waals surface area contributed by atoms with E-state index in [-0.39, 0.29) is 3.70 Å². The minimum atomic E-state index is -5.12. The van der Waals surface area contributed by atoms with E-state index in [0.717, 1.165) is 6.20 Å². The predicted octanol–water partition coefficient (Wildman–Crippen LogP) is 1.28. The lowest BCUT2D eigenvalue weighted by molar-refractivity contribution is -0.167. The fourth-order valence-corrected chi connectivity index (χ4v) is 1.17. The highest BCUT2D eigenvalue weighted by molar-refractivity contribution is 14.1. The quantitative estimate of drug-likeness (QED) is 0.775. The van der Waals surface area contributed by atoms with Gasteiger partial charge in [-0.25, -0.2) is 14.8 Å². The number of carbonyl (C=O) groups is 2.